The van der Waals surface area contributed by atoms with E-state index in [0.29, 0.717) is 19.8 Å². The third kappa shape index (κ3) is 10.3. The van der Waals surface area contributed by atoms with Crippen LogP contribution >= 0.6 is 0 Å². The van der Waals surface area contributed by atoms with E-state index in [1.54, 1.807) is 7.11 Å². The van der Waals surface area contributed by atoms with E-state index in [4.69, 9.17) is 9.47 Å². The summed E-state index contributed by atoms with van der Waals surface area (Å²) in [6.07, 6.45) is 5.40. The molecule has 0 saturated heterocycles. The van der Waals surface area contributed by atoms with Gasteiger partial charge in [0, 0.05) is 7.11 Å². The van der Waals surface area contributed by atoms with Gasteiger partial charge in [-0.25, -0.2) is 0 Å². The van der Waals surface area contributed by atoms with Gasteiger partial charge in [-0.15, -0.1) is 0 Å². The first-order valence-electron chi connectivity index (χ1n) is 7.67. The summed E-state index contributed by atoms with van der Waals surface area (Å²) in [5, 5.41) is 0. The van der Waals surface area contributed by atoms with E-state index < -0.39 is 5.97 Å². The Hall–Kier alpha value is -1.40. The van der Waals surface area contributed by atoms with Gasteiger partial charge in [0.15, 0.2) is 0 Å². The Morgan fingerprint density at radius 1 is 1.00 bits per heavy atom. The Morgan fingerprint density at radius 3 is 2.23 bits per heavy atom. The van der Waals surface area contributed by atoms with Crippen molar-refractivity contribution in [3.63, 3.8) is 0 Å². The molecule has 0 fully saturated rings. The summed E-state index contributed by atoms with van der Waals surface area (Å²) in [5.74, 6) is -0.768. The Balaban J connectivity index is 4.18. The van der Waals surface area contributed by atoms with Crippen LogP contribution in [-0.4, -0.2) is 70.5 Å². The maximum absolute atomic E-state index is 11.5. The monoisotopic (exact) mass is 316 g/mol. The minimum atomic E-state index is -0.401. The Labute approximate surface area is 133 Å². The van der Waals surface area contributed by atoms with Crippen LogP contribution in [0, 0.1) is 0 Å². The number of ether oxygens (including phenoxy) is 3. The van der Waals surface area contributed by atoms with Crippen LogP contribution in [0.3, 0.4) is 0 Å². The average Bonchev–Trinajstić information content (AvgIpc) is 2.51. The highest BCUT2D eigenvalue weighted by atomic mass is 16.5. The molecule has 1 unspecified atom stereocenters. The van der Waals surface area contributed by atoms with E-state index >= 15 is 0 Å². The number of carbonyl (C=O) groups is 2. The van der Waals surface area contributed by atoms with Gasteiger partial charge in [0.05, 0.1) is 40.2 Å². The maximum atomic E-state index is 11.5. The van der Waals surface area contributed by atoms with Crippen molar-refractivity contribution in [2.24, 2.45) is 0 Å². The first kappa shape index (κ1) is 20.6. The molecule has 6 heteroatoms. The standard InChI is InChI=1S/C16H30NO5/c1-5-6-7-10-17(2,11-13-20-3)12-14-22-16(19)9-8-15(18)21-4/h6-7H,5,8-14H2,1-4H3/q+1/b7-6-. The summed E-state index contributed by atoms with van der Waals surface area (Å²) < 4.78 is 15.6. The average molecular weight is 316 g/mol. The smallest absolute Gasteiger partial charge is 0.306 e. The molecule has 0 aliphatic carbocycles. The first-order chi connectivity index (χ1) is 10.5. The predicted molar refractivity (Wildman–Crippen MR) is 84.3 cm³/mol. The second-order valence-electron chi connectivity index (χ2n) is 5.42. The van der Waals surface area contributed by atoms with E-state index in [2.05, 4.69) is 30.9 Å². The first-order valence-corrected chi connectivity index (χ1v) is 7.67. The number of allylic oxidation sites excluding steroid dienone is 1. The number of nitrogens with zero attached hydrogens (tertiary/aromatic N) is 1. The second kappa shape index (κ2) is 12.2. The van der Waals surface area contributed by atoms with Gasteiger partial charge in [-0.05, 0) is 12.5 Å². The van der Waals surface area contributed by atoms with Crippen LogP contribution in [0.25, 0.3) is 0 Å². The van der Waals surface area contributed by atoms with Crippen molar-refractivity contribution in [2.75, 3.05) is 54.1 Å². The van der Waals surface area contributed by atoms with E-state index in [1.165, 1.54) is 7.11 Å². The third-order valence-corrected chi connectivity index (χ3v) is 3.44. The molecular weight excluding hydrogens is 286 g/mol. The van der Waals surface area contributed by atoms with Crippen molar-refractivity contribution in [3.8, 4) is 0 Å². The van der Waals surface area contributed by atoms with Crippen molar-refractivity contribution < 1.29 is 28.3 Å². The van der Waals surface area contributed by atoms with Gasteiger partial charge < -0.3 is 18.7 Å². The van der Waals surface area contributed by atoms with Crippen LogP contribution < -0.4 is 0 Å². The molecule has 1 atom stereocenters. The van der Waals surface area contributed by atoms with Gasteiger partial charge in [-0.1, -0.05) is 13.0 Å². The summed E-state index contributed by atoms with van der Waals surface area (Å²) in [5.41, 5.74) is 0. The summed E-state index contributed by atoms with van der Waals surface area (Å²) >= 11 is 0. The van der Waals surface area contributed by atoms with Gasteiger partial charge >= 0.3 is 11.9 Å². The molecule has 128 valence electrons. The molecule has 0 aromatic heterocycles. The minimum Gasteiger partial charge on any atom is -0.469 e. The van der Waals surface area contributed by atoms with Crippen LogP contribution in [-0.2, 0) is 23.8 Å². The number of methoxy groups -OCH3 is 2. The van der Waals surface area contributed by atoms with Gasteiger partial charge in [-0.2, -0.15) is 0 Å². The van der Waals surface area contributed by atoms with Crippen LogP contribution in [0.2, 0.25) is 0 Å². The topological polar surface area (TPSA) is 61.8 Å². The molecule has 0 bridgehead atoms. The Morgan fingerprint density at radius 2 is 1.64 bits per heavy atom. The Kier molecular flexibility index (Phi) is 11.4. The number of likely N-dealkylation sites (N-methyl/N-ethyl adjacent to an activating group) is 1. The van der Waals surface area contributed by atoms with Crippen LogP contribution in [0.1, 0.15) is 26.2 Å². The molecule has 0 aromatic carbocycles. The molecule has 6 nitrogen and oxygen atoms in total. The van der Waals surface area contributed by atoms with Gasteiger partial charge in [0.25, 0.3) is 0 Å². The van der Waals surface area contributed by atoms with E-state index in [9.17, 15) is 9.59 Å². The molecule has 0 aromatic rings. The zero-order valence-electron chi connectivity index (χ0n) is 14.3. The molecular formula is C16H30NO5+. The van der Waals surface area contributed by atoms with Crippen molar-refractivity contribution in [1.29, 1.82) is 0 Å². The van der Waals surface area contributed by atoms with Gasteiger partial charge in [-0.3, -0.25) is 9.59 Å². The quantitative estimate of drug-likeness (QED) is 0.310. The van der Waals surface area contributed by atoms with Crippen molar-refractivity contribution in [3.05, 3.63) is 12.2 Å². The number of rotatable bonds is 12. The highest BCUT2D eigenvalue weighted by Crippen LogP contribution is 2.04. The zero-order valence-corrected chi connectivity index (χ0v) is 14.3. The summed E-state index contributed by atoms with van der Waals surface area (Å²) in [6, 6.07) is 0. The number of esters is 2. The molecule has 0 aliphatic rings. The second-order valence-corrected chi connectivity index (χ2v) is 5.42. The van der Waals surface area contributed by atoms with Crippen LogP contribution in [0.15, 0.2) is 12.2 Å². The lowest BCUT2D eigenvalue weighted by Crippen LogP contribution is -2.48. The predicted octanol–water partition coefficient (Wildman–Crippen LogP) is 1.54. The molecule has 0 N–H and O–H groups in total. The third-order valence-electron chi connectivity index (χ3n) is 3.44. The maximum Gasteiger partial charge on any atom is 0.306 e. The molecule has 0 radical (unpaired) electrons. The van der Waals surface area contributed by atoms with E-state index in [0.717, 1.165) is 24.0 Å². The largest absolute Gasteiger partial charge is 0.469 e. The minimum absolute atomic E-state index is 0.0597. The van der Waals surface area contributed by atoms with Gasteiger partial charge in [0.2, 0.25) is 0 Å². The highest BCUT2D eigenvalue weighted by molar-refractivity contribution is 5.77. The highest BCUT2D eigenvalue weighted by Gasteiger charge is 2.20. The SMILES string of the molecule is CC/C=C\C[N+](C)(CCOC)CCOC(=O)CCC(=O)OC. The van der Waals surface area contributed by atoms with Crippen molar-refractivity contribution in [2.45, 2.75) is 26.2 Å². The molecule has 22 heavy (non-hydrogen) atoms. The van der Waals surface area contributed by atoms with Crippen molar-refractivity contribution in [1.82, 2.24) is 0 Å². The lowest BCUT2D eigenvalue weighted by molar-refractivity contribution is -0.904. The molecule has 0 rings (SSSR count). The van der Waals surface area contributed by atoms with Crippen LogP contribution in [0.4, 0.5) is 0 Å². The number of carbonyl (C=O) groups excluding carboxylic acids is 2. The molecule has 0 saturated carbocycles. The summed E-state index contributed by atoms with van der Waals surface area (Å²) in [6.45, 7) is 5.52. The Bertz CT molecular complexity index is 356. The molecule has 0 amide bonds. The van der Waals surface area contributed by atoms with E-state index in [-0.39, 0.29) is 18.8 Å². The normalized spacial score (nSPS) is 13.8. The molecule has 0 aliphatic heterocycles. The van der Waals surface area contributed by atoms with Gasteiger partial charge in [0.1, 0.15) is 19.7 Å². The lowest BCUT2D eigenvalue weighted by atomic mass is 10.3. The molecule has 0 spiro atoms. The van der Waals surface area contributed by atoms with E-state index in [1.807, 2.05) is 0 Å². The number of hydrogen-bond acceptors (Lipinski definition) is 5. The fourth-order valence-corrected chi connectivity index (χ4v) is 1.86. The summed E-state index contributed by atoms with van der Waals surface area (Å²) in [7, 11) is 5.09. The number of hydrogen-bond donors (Lipinski definition) is 0. The zero-order chi connectivity index (χ0) is 16.8. The fourth-order valence-electron chi connectivity index (χ4n) is 1.86. The fraction of sp³-hybridized carbons (Fsp3) is 0.750. The lowest BCUT2D eigenvalue weighted by Gasteiger charge is -2.33. The number of quaternary nitrogens is 1. The molecule has 0 heterocycles. The summed E-state index contributed by atoms with van der Waals surface area (Å²) in [4.78, 5) is 22.5. The van der Waals surface area contributed by atoms with Crippen molar-refractivity contribution >= 4 is 11.9 Å². The van der Waals surface area contributed by atoms with Crippen LogP contribution in [0.5, 0.6) is 0 Å².